The number of benzene rings is 1. The van der Waals surface area contributed by atoms with Crippen LogP contribution in [0, 0.1) is 0 Å². The van der Waals surface area contributed by atoms with E-state index in [4.69, 9.17) is 5.73 Å². The zero-order valence-corrected chi connectivity index (χ0v) is 11.8. The molecule has 0 aliphatic heterocycles. The first-order valence-corrected chi connectivity index (χ1v) is 7.06. The molecule has 0 bridgehead atoms. The van der Waals surface area contributed by atoms with Gasteiger partial charge in [-0.2, -0.15) is 0 Å². The van der Waals surface area contributed by atoms with Crippen LogP contribution in [0.1, 0.15) is 28.8 Å². The topological polar surface area (TPSA) is 38.9 Å². The largest absolute Gasteiger partial charge is 0.384 e. The van der Waals surface area contributed by atoms with Gasteiger partial charge in [0.05, 0.1) is 0 Å². The predicted octanol–water partition coefficient (Wildman–Crippen LogP) is 4.12. The van der Waals surface area contributed by atoms with Gasteiger partial charge in [0.25, 0.3) is 0 Å². The van der Waals surface area contributed by atoms with Gasteiger partial charge in [0.15, 0.2) is 0 Å². The highest BCUT2D eigenvalue weighted by Crippen LogP contribution is 2.28. The Morgan fingerprint density at radius 1 is 1.17 bits per heavy atom. The third-order valence-corrected chi connectivity index (χ3v) is 3.92. The number of nitrogens with zero attached hydrogens (tertiary/aromatic N) is 1. The lowest BCUT2D eigenvalue weighted by molar-refractivity contribution is 0.729. The molecule has 1 aromatic carbocycles. The van der Waals surface area contributed by atoms with E-state index in [1.165, 1.54) is 11.1 Å². The molecule has 1 aromatic heterocycles. The normalized spacial score (nSPS) is 12.3. The quantitative estimate of drug-likeness (QED) is 0.844. The molecule has 3 heteroatoms. The number of aromatic nitrogens is 1. The summed E-state index contributed by atoms with van der Waals surface area (Å²) < 4.78 is 0. The van der Waals surface area contributed by atoms with Crippen LogP contribution in [0.15, 0.2) is 48.7 Å². The van der Waals surface area contributed by atoms with Crippen LogP contribution in [-0.2, 0) is 6.42 Å². The Bertz CT molecular complexity index is 485. The van der Waals surface area contributed by atoms with E-state index in [1.807, 2.05) is 18.2 Å². The van der Waals surface area contributed by atoms with E-state index in [-0.39, 0.29) is 0 Å². The molecule has 1 unspecified atom stereocenters. The van der Waals surface area contributed by atoms with Crippen molar-refractivity contribution < 1.29 is 0 Å². The van der Waals surface area contributed by atoms with Gasteiger partial charge in [0, 0.05) is 11.0 Å². The average molecular weight is 305 g/mol. The van der Waals surface area contributed by atoms with Gasteiger partial charge in [0.1, 0.15) is 5.82 Å². The Morgan fingerprint density at radius 3 is 2.67 bits per heavy atom. The van der Waals surface area contributed by atoms with Gasteiger partial charge >= 0.3 is 0 Å². The highest BCUT2D eigenvalue weighted by Gasteiger charge is 2.06. The van der Waals surface area contributed by atoms with Gasteiger partial charge in [0.2, 0.25) is 0 Å². The van der Waals surface area contributed by atoms with Crippen LogP contribution < -0.4 is 5.73 Å². The van der Waals surface area contributed by atoms with Crippen molar-refractivity contribution >= 4 is 21.7 Å². The number of nitrogen functional groups attached to an aromatic ring is 1. The average Bonchev–Trinajstić information content (AvgIpc) is 2.40. The lowest BCUT2D eigenvalue weighted by atomic mass is 10.0. The maximum absolute atomic E-state index is 5.66. The number of nitrogens with two attached hydrogens (primary N) is 1. The molecule has 2 aromatic rings. The second kappa shape index (κ2) is 6.55. The van der Waals surface area contributed by atoms with Gasteiger partial charge in [-0.15, -0.1) is 0 Å². The highest BCUT2D eigenvalue weighted by atomic mass is 79.9. The molecule has 0 aliphatic rings. The predicted molar refractivity (Wildman–Crippen MR) is 79.7 cm³/mol. The SMILES string of the molecule is Nc1cc(CCCC(Br)c2ccccc2)ccn1. The summed E-state index contributed by atoms with van der Waals surface area (Å²) in [5.41, 5.74) is 8.26. The van der Waals surface area contributed by atoms with Crippen molar-refractivity contribution in [1.82, 2.24) is 4.98 Å². The number of aryl methyl sites for hydroxylation is 1. The number of hydrogen-bond acceptors (Lipinski definition) is 2. The Hall–Kier alpha value is -1.35. The molecular weight excluding hydrogens is 288 g/mol. The highest BCUT2D eigenvalue weighted by molar-refractivity contribution is 9.09. The van der Waals surface area contributed by atoms with Crippen molar-refractivity contribution in [2.75, 3.05) is 5.73 Å². The van der Waals surface area contributed by atoms with Crippen LogP contribution in [0.25, 0.3) is 0 Å². The standard InChI is InChI=1S/C15H17BrN2/c16-14(13-6-2-1-3-7-13)8-4-5-12-9-10-18-15(17)11-12/h1-3,6-7,9-11,14H,4-5,8H2,(H2,17,18). The molecule has 0 fully saturated rings. The van der Waals surface area contributed by atoms with Gasteiger partial charge in [-0.3, -0.25) is 0 Å². The van der Waals surface area contributed by atoms with Gasteiger partial charge < -0.3 is 5.73 Å². The van der Waals surface area contributed by atoms with Crippen molar-refractivity contribution in [2.45, 2.75) is 24.1 Å². The molecular formula is C15H17BrN2. The molecule has 0 saturated heterocycles. The van der Waals surface area contributed by atoms with Gasteiger partial charge in [-0.1, -0.05) is 46.3 Å². The fourth-order valence-corrected chi connectivity index (χ4v) is 2.59. The summed E-state index contributed by atoms with van der Waals surface area (Å²) in [6, 6.07) is 14.5. The lowest BCUT2D eigenvalue weighted by Gasteiger charge is -2.10. The van der Waals surface area contributed by atoms with E-state index in [9.17, 15) is 0 Å². The molecule has 1 heterocycles. The van der Waals surface area contributed by atoms with E-state index >= 15 is 0 Å². The summed E-state index contributed by atoms with van der Waals surface area (Å²) in [5, 5.41) is 0. The molecule has 2 rings (SSSR count). The first-order chi connectivity index (χ1) is 8.75. The van der Waals surface area contributed by atoms with Crippen molar-refractivity contribution in [3.8, 4) is 0 Å². The van der Waals surface area contributed by atoms with E-state index in [0.717, 1.165) is 19.3 Å². The summed E-state index contributed by atoms with van der Waals surface area (Å²) >= 11 is 3.74. The minimum absolute atomic E-state index is 0.429. The molecule has 2 nitrogen and oxygen atoms in total. The monoisotopic (exact) mass is 304 g/mol. The van der Waals surface area contributed by atoms with Crippen LogP contribution in [0.3, 0.4) is 0 Å². The van der Waals surface area contributed by atoms with Crippen LogP contribution in [0.4, 0.5) is 5.82 Å². The van der Waals surface area contributed by atoms with E-state index in [2.05, 4.69) is 45.2 Å². The number of alkyl halides is 1. The third kappa shape index (κ3) is 3.84. The molecule has 2 N–H and O–H groups in total. The van der Waals surface area contributed by atoms with Crippen molar-refractivity contribution in [2.24, 2.45) is 0 Å². The second-order valence-electron chi connectivity index (χ2n) is 4.36. The van der Waals surface area contributed by atoms with Gasteiger partial charge in [-0.25, -0.2) is 4.98 Å². The summed E-state index contributed by atoms with van der Waals surface area (Å²) in [6.07, 6.45) is 5.07. The molecule has 0 saturated carbocycles. The van der Waals surface area contributed by atoms with Crippen LogP contribution in [0.5, 0.6) is 0 Å². The zero-order chi connectivity index (χ0) is 12.8. The summed E-state index contributed by atoms with van der Waals surface area (Å²) in [5.74, 6) is 0.603. The van der Waals surface area contributed by atoms with Crippen molar-refractivity contribution in [3.63, 3.8) is 0 Å². The summed E-state index contributed by atoms with van der Waals surface area (Å²) in [6.45, 7) is 0. The van der Waals surface area contributed by atoms with Crippen LogP contribution in [0.2, 0.25) is 0 Å². The maximum Gasteiger partial charge on any atom is 0.123 e. The van der Waals surface area contributed by atoms with Gasteiger partial charge in [-0.05, 0) is 42.5 Å². The Morgan fingerprint density at radius 2 is 1.94 bits per heavy atom. The Kier molecular flexibility index (Phi) is 4.76. The number of halogens is 1. The van der Waals surface area contributed by atoms with E-state index < -0.39 is 0 Å². The minimum atomic E-state index is 0.429. The smallest absolute Gasteiger partial charge is 0.123 e. The zero-order valence-electron chi connectivity index (χ0n) is 10.2. The number of rotatable bonds is 5. The molecule has 18 heavy (non-hydrogen) atoms. The lowest BCUT2D eigenvalue weighted by Crippen LogP contribution is -1.95. The molecule has 1 atom stereocenters. The number of hydrogen-bond donors (Lipinski definition) is 1. The molecule has 0 spiro atoms. The molecule has 0 aliphatic carbocycles. The molecule has 0 amide bonds. The van der Waals surface area contributed by atoms with Crippen molar-refractivity contribution in [1.29, 1.82) is 0 Å². The fourth-order valence-electron chi connectivity index (χ4n) is 1.96. The first kappa shape index (κ1) is 13.1. The van der Waals surface area contributed by atoms with Crippen LogP contribution >= 0.6 is 15.9 Å². The van der Waals surface area contributed by atoms with Crippen LogP contribution in [-0.4, -0.2) is 4.98 Å². The summed E-state index contributed by atoms with van der Waals surface area (Å²) in [7, 11) is 0. The maximum atomic E-state index is 5.66. The number of pyridine rings is 1. The number of anilines is 1. The Balaban J connectivity index is 1.82. The third-order valence-electron chi connectivity index (χ3n) is 2.93. The van der Waals surface area contributed by atoms with E-state index in [1.54, 1.807) is 6.20 Å². The fraction of sp³-hybridized carbons (Fsp3) is 0.267. The molecule has 94 valence electrons. The summed E-state index contributed by atoms with van der Waals surface area (Å²) in [4.78, 5) is 4.43. The van der Waals surface area contributed by atoms with E-state index in [0.29, 0.717) is 10.6 Å². The first-order valence-electron chi connectivity index (χ1n) is 6.15. The minimum Gasteiger partial charge on any atom is -0.384 e. The van der Waals surface area contributed by atoms with Crippen molar-refractivity contribution in [3.05, 3.63) is 59.8 Å². The second-order valence-corrected chi connectivity index (χ2v) is 5.46. The molecule has 0 radical (unpaired) electrons. The Labute approximate surface area is 116 Å².